The van der Waals surface area contributed by atoms with Crippen LogP contribution in [0.15, 0.2) is 58.4 Å². The van der Waals surface area contributed by atoms with E-state index in [1.807, 2.05) is 24.3 Å². The molecule has 0 bridgehead atoms. The number of hydrogen-bond donors (Lipinski definition) is 2. The van der Waals surface area contributed by atoms with Gasteiger partial charge in [0.05, 0.1) is 11.0 Å². The quantitative estimate of drug-likeness (QED) is 0.480. The molecule has 0 aromatic heterocycles. The predicted octanol–water partition coefficient (Wildman–Crippen LogP) is 3.71. The first-order valence-electron chi connectivity index (χ1n) is 10.9. The molecule has 31 heavy (non-hydrogen) atoms. The predicted molar refractivity (Wildman–Crippen MR) is 125 cm³/mol. The number of ether oxygens (including phenoxy) is 1. The third-order valence-electron chi connectivity index (χ3n) is 5.49. The highest BCUT2D eigenvalue weighted by atomic mass is 32.2. The van der Waals surface area contributed by atoms with Gasteiger partial charge in [0.15, 0.2) is 15.8 Å². The van der Waals surface area contributed by atoms with E-state index in [1.54, 1.807) is 19.2 Å². The zero-order valence-electron chi connectivity index (χ0n) is 18.4. The van der Waals surface area contributed by atoms with Crippen LogP contribution in [0.2, 0.25) is 0 Å². The summed E-state index contributed by atoms with van der Waals surface area (Å²) in [5.41, 5.74) is 2.22. The summed E-state index contributed by atoms with van der Waals surface area (Å²) in [7, 11) is -1.41. The number of guanidine groups is 1. The van der Waals surface area contributed by atoms with E-state index in [4.69, 9.17) is 4.74 Å². The Hall–Kier alpha value is -2.54. The van der Waals surface area contributed by atoms with E-state index in [0.717, 1.165) is 42.1 Å². The molecule has 1 aliphatic carbocycles. The van der Waals surface area contributed by atoms with E-state index in [2.05, 4.69) is 27.8 Å². The van der Waals surface area contributed by atoms with Gasteiger partial charge in [-0.25, -0.2) is 8.42 Å². The minimum absolute atomic E-state index is 0.344. The van der Waals surface area contributed by atoms with Crippen molar-refractivity contribution >= 4 is 15.8 Å². The molecule has 6 nitrogen and oxygen atoms in total. The highest BCUT2D eigenvalue weighted by Gasteiger charge is 2.14. The molecule has 0 spiro atoms. The van der Waals surface area contributed by atoms with Crippen LogP contribution in [0.1, 0.15) is 43.2 Å². The van der Waals surface area contributed by atoms with Crippen molar-refractivity contribution in [3.8, 4) is 5.75 Å². The smallest absolute Gasteiger partial charge is 0.191 e. The van der Waals surface area contributed by atoms with Crippen LogP contribution in [0.3, 0.4) is 0 Å². The largest absolute Gasteiger partial charge is 0.490 e. The van der Waals surface area contributed by atoms with Crippen molar-refractivity contribution in [2.75, 3.05) is 19.8 Å². The van der Waals surface area contributed by atoms with Crippen LogP contribution < -0.4 is 15.4 Å². The molecule has 0 radical (unpaired) electrons. The van der Waals surface area contributed by atoms with Gasteiger partial charge in [-0.05, 0) is 67.5 Å². The number of hydrogen-bond acceptors (Lipinski definition) is 4. The van der Waals surface area contributed by atoms with Crippen LogP contribution in [0, 0.1) is 0 Å². The van der Waals surface area contributed by atoms with Gasteiger partial charge in [0.1, 0.15) is 5.75 Å². The second-order valence-corrected chi connectivity index (χ2v) is 10.1. The van der Waals surface area contributed by atoms with Gasteiger partial charge in [-0.15, -0.1) is 0 Å². The summed E-state index contributed by atoms with van der Waals surface area (Å²) in [6.45, 7) is 1.35. The molecule has 0 unspecified atom stereocenters. The van der Waals surface area contributed by atoms with Crippen LogP contribution in [0.25, 0.3) is 0 Å². The van der Waals surface area contributed by atoms with Crippen LogP contribution in [-0.4, -0.2) is 40.3 Å². The van der Waals surface area contributed by atoms with E-state index >= 15 is 0 Å². The lowest BCUT2D eigenvalue weighted by Crippen LogP contribution is -2.37. The van der Waals surface area contributed by atoms with E-state index in [0.29, 0.717) is 24.1 Å². The van der Waals surface area contributed by atoms with Gasteiger partial charge in [-0.2, -0.15) is 0 Å². The Kier molecular flexibility index (Phi) is 8.35. The first-order chi connectivity index (χ1) is 14.9. The highest BCUT2D eigenvalue weighted by molar-refractivity contribution is 7.90. The number of aliphatic imine (C=N–C) groups is 1. The zero-order chi connectivity index (χ0) is 22.1. The molecule has 168 valence electrons. The summed E-state index contributed by atoms with van der Waals surface area (Å²) in [5.74, 6) is 1.66. The van der Waals surface area contributed by atoms with Crippen molar-refractivity contribution in [1.82, 2.24) is 10.6 Å². The molecule has 0 amide bonds. The number of rotatable bonds is 8. The third kappa shape index (κ3) is 7.58. The Bertz CT molecular complexity index is 966. The minimum Gasteiger partial charge on any atom is -0.490 e. The lowest BCUT2D eigenvalue weighted by atomic mass is 9.98. The van der Waals surface area contributed by atoms with Crippen molar-refractivity contribution in [1.29, 1.82) is 0 Å². The third-order valence-corrected chi connectivity index (χ3v) is 6.62. The average Bonchev–Trinajstić information content (AvgIpc) is 2.77. The van der Waals surface area contributed by atoms with Crippen molar-refractivity contribution in [2.45, 2.75) is 56.1 Å². The molecule has 0 saturated heterocycles. The molecule has 2 aromatic carbocycles. The van der Waals surface area contributed by atoms with Gasteiger partial charge in [0.2, 0.25) is 0 Å². The molecule has 1 fully saturated rings. The lowest BCUT2D eigenvalue weighted by molar-refractivity contribution is 0.155. The average molecular weight is 444 g/mol. The Labute approximate surface area is 186 Å². The van der Waals surface area contributed by atoms with Gasteiger partial charge >= 0.3 is 0 Å². The van der Waals surface area contributed by atoms with Crippen molar-refractivity contribution in [3.63, 3.8) is 0 Å². The van der Waals surface area contributed by atoms with Gasteiger partial charge in [0, 0.05) is 26.4 Å². The summed E-state index contributed by atoms with van der Waals surface area (Å²) in [4.78, 5) is 4.62. The SMILES string of the molecule is CN=C(NCCc1ccc(S(C)(=O)=O)cc1)NCc1cccc(OC2CCCCC2)c1. The number of sulfone groups is 1. The summed E-state index contributed by atoms with van der Waals surface area (Å²) >= 11 is 0. The monoisotopic (exact) mass is 443 g/mol. The first kappa shape index (κ1) is 23.1. The molecule has 3 rings (SSSR count). The van der Waals surface area contributed by atoms with Crippen LogP contribution >= 0.6 is 0 Å². The fourth-order valence-electron chi connectivity index (χ4n) is 3.74. The summed E-state index contributed by atoms with van der Waals surface area (Å²) in [5, 5.41) is 6.64. The van der Waals surface area contributed by atoms with Crippen LogP contribution in [0.5, 0.6) is 5.75 Å². The van der Waals surface area contributed by atoms with Crippen molar-refractivity contribution < 1.29 is 13.2 Å². The van der Waals surface area contributed by atoms with E-state index < -0.39 is 9.84 Å². The molecule has 7 heteroatoms. The standard InChI is InChI=1S/C24H33N3O3S/c1-25-24(26-16-15-19-11-13-23(14-12-19)31(2,28)29)27-18-20-7-6-10-22(17-20)30-21-8-4-3-5-9-21/h6-7,10-14,17,21H,3-5,8-9,15-16,18H2,1-2H3,(H2,25,26,27). The zero-order valence-corrected chi connectivity index (χ0v) is 19.2. The Morgan fingerprint density at radius 1 is 1.03 bits per heavy atom. The molecule has 1 saturated carbocycles. The Balaban J connectivity index is 1.44. The minimum atomic E-state index is -3.16. The maximum Gasteiger partial charge on any atom is 0.191 e. The highest BCUT2D eigenvalue weighted by Crippen LogP contribution is 2.23. The van der Waals surface area contributed by atoms with Gasteiger partial charge < -0.3 is 15.4 Å². The molecular weight excluding hydrogens is 410 g/mol. The molecule has 0 heterocycles. The van der Waals surface area contributed by atoms with Gasteiger partial charge in [-0.3, -0.25) is 4.99 Å². The normalized spacial score (nSPS) is 15.5. The first-order valence-corrected chi connectivity index (χ1v) is 12.8. The fourth-order valence-corrected chi connectivity index (χ4v) is 4.37. The Morgan fingerprint density at radius 2 is 1.77 bits per heavy atom. The van der Waals surface area contributed by atoms with Crippen molar-refractivity contribution in [2.24, 2.45) is 4.99 Å². The van der Waals surface area contributed by atoms with E-state index in [9.17, 15) is 8.42 Å². The second kappa shape index (κ2) is 11.2. The van der Waals surface area contributed by atoms with Crippen LogP contribution in [0.4, 0.5) is 0 Å². The maximum atomic E-state index is 11.6. The van der Waals surface area contributed by atoms with Gasteiger partial charge in [-0.1, -0.05) is 30.7 Å². The second-order valence-electron chi connectivity index (χ2n) is 8.04. The maximum absolute atomic E-state index is 11.6. The van der Waals surface area contributed by atoms with Crippen LogP contribution in [-0.2, 0) is 22.8 Å². The summed E-state index contributed by atoms with van der Waals surface area (Å²) < 4.78 is 29.3. The van der Waals surface area contributed by atoms with Crippen molar-refractivity contribution in [3.05, 3.63) is 59.7 Å². The number of benzene rings is 2. The topological polar surface area (TPSA) is 79.8 Å². The molecule has 0 atom stereocenters. The van der Waals surface area contributed by atoms with E-state index in [-0.39, 0.29) is 0 Å². The molecular formula is C24H33N3O3S. The number of nitrogens with zero attached hydrogens (tertiary/aromatic N) is 1. The van der Waals surface area contributed by atoms with Gasteiger partial charge in [0.25, 0.3) is 0 Å². The Morgan fingerprint density at radius 3 is 2.45 bits per heavy atom. The molecule has 2 N–H and O–H groups in total. The molecule has 1 aliphatic rings. The molecule has 2 aromatic rings. The number of nitrogens with one attached hydrogen (secondary N) is 2. The van der Waals surface area contributed by atoms with E-state index in [1.165, 1.54) is 25.5 Å². The molecule has 0 aliphatic heterocycles. The lowest BCUT2D eigenvalue weighted by Gasteiger charge is -2.23. The summed E-state index contributed by atoms with van der Waals surface area (Å²) in [6.07, 6.45) is 8.48. The fraction of sp³-hybridized carbons (Fsp3) is 0.458. The summed E-state index contributed by atoms with van der Waals surface area (Å²) in [6, 6.07) is 15.2.